The Labute approximate surface area is 171 Å². The lowest BCUT2D eigenvalue weighted by atomic mass is 10.3. The molecule has 2 aliphatic heterocycles. The molecule has 2 amide bonds. The highest BCUT2D eigenvalue weighted by atomic mass is 32.2. The van der Waals surface area contributed by atoms with E-state index in [1.54, 1.807) is 28.0 Å². The molecule has 0 bridgehead atoms. The molecule has 2 heterocycles. The molecule has 1 aromatic rings. The Hall–Kier alpha value is -2.01. The molecule has 3 rings (SSSR count). The van der Waals surface area contributed by atoms with Crippen molar-refractivity contribution in [1.29, 1.82) is 0 Å². The van der Waals surface area contributed by atoms with E-state index in [0.29, 0.717) is 45.9 Å². The molecule has 2 saturated heterocycles. The minimum absolute atomic E-state index is 0.0581. The molecular formula is C19H28N4O5S. The molecule has 9 nitrogen and oxygen atoms in total. The Morgan fingerprint density at radius 1 is 0.931 bits per heavy atom. The zero-order valence-electron chi connectivity index (χ0n) is 16.7. The van der Waals surface area contributed by atoms with Gasteiger partial charge in [0.15, 0.2) is 0 Å². The van der Waals surface area contributed by atoms with E-state index in [1.807, 2.05) is 0 Å². The van der Waals surface area contributed by atoms with Gasteiger partial charge >= 0.3 is 0 Å². The molecule has 2 fully saturated rings. The first kappa shape index (κ1) is 21.7. The third-order valence-corrected chi connectivity index (χ3v) is 7.07. The maximum Gasteiger partial charge on any atom is 0.243 e. The Morgan fingerprint density at radius 3 is 2.07 bits per heavy atom. The van der Waals surface area contributed by atoms with Crippen molar-refractivity contribution in [2.75, 3.05) is 72.6 Å². The van der Waals surface area contributed by atoms with Gasteiger partial charge in [-0.1, -0.05) is 18.2 Å². The molecule has 0 unspecified atom stereocenters. The Morgan fingerprint density at radius 2 is 1.48 bits per heavy atom. The van der Waals surface area contributed by atoms with Gasteiger partial charge in [-0.25, -0.2) is 8.42 Å². The Balaban J connectivity index is 1.47. The number of rotatable bonds is 6. The highest BCUT2D eigenvalue weighted by molar-refractivity contribution is 7.89. The van der Waals surface area contributed by atoms with Crippen LogP contribution in [0.25, 0.3) is 0 Å². The number of amides is 2. The van der Waals surface area contributed by atoms with Crippen LogP contribution >= 0.6 is 0 Å². The van der Waals surface area contributed by atoms with E-state index in [0.717, 1.165) is 17.4 Å². The minimum atomic E-state index is -3.71. The fourth-order valence-corrected chi connectivity index (χ4v) is 4.55. The maximum atomic E-state index is 12.6. The second-order valence-electron chi connectivity index (χ2n) is 7.22. The number of sulfonamides is 1. The van der Waals surface area contributed by atoms with Gasteiger partial charge in [-0.2, -0.15) is 4.31 Å². The minimum Gasteiger partial charge on any atom is -0.379 e. The highest BCUT2D eigenvalue weighted by Gasteiger charge is 2.28. The summed E-state index contributed by atoms with van der Waals surface area (Å²) in [5.41, 5.74) is 0. The van der Waals surface area contributed by atoms with Crippen LogP contribution in [0.2, 0.25) is 0 Å². The Kier molecular flexibility index (Phi) is 7.23. The van der Waals surface area contributed by atoms with Gasteiger partial charge in [-0.3, -0.25) is 14.5 Å². The summed E-state index contributed by atoms with van der Waals surface area (Å²) in [5, 5.41) is 0. The average molecular weight is 425 g/mol. The standard InChI is InChI=1S/C19H28N4O5S/c1-20(29(26,27)17-5-3-2-4-6-17)15-18(24)22-7-9-23(10-8-22)19(25)16-21-11-13-28-14-12-21/h2-6H,7-16H2,1H3. The maximum absolute atomic E-state index is 12.6. The highest BCUT2D eigenvalue weighted by Crippen LogP contribution is 2.14. The predicted molar refractivity (Wildman–Crippen MR) is 107 cm³/mol. The van der Waals surface area contributed by atoms with Crippen molar-refractivity contribution in [3.05, 3.63) is 30.3 Å². The van der Waals surface area contributed by atoms with Gasteiger partial charge in [0.05, 0.1) is 31.2 Å². The van der Waals surface area contributed by atoms with E-state index in [2.05, 4.69) is 4.90 Å². The third kappa shape index (κ3) is 5.53. The smallest absolute Gasteiger partial charge is 0.243 e. The van der Waals surface area contributed by atoms with Crippen LogP contribution < -0.4 is 0 Å². The van der Waals surface area contributed by atoms with Gasteiger partial charge in [0.2, 0.25) is 21.8 Å². The SMILES string of the molecule is CN(CC(=O)N1CCN(C(=O)CN2CCOCC2)CC1)S(=O)(=O)c1ccccc1. The van der Waals surface area contributed by atoms with Crippen LogP contribution in [0.1, 0.15) is 0 Å². The predicted octanol–water partition coefficient (Wildman–Crippen LogP) is -0.690. The number of hydrogen-bond donors (Lipinski definition) is 0. The topological polar surface area (TPSA) is 90.5 Å². The zero-order valence-corrected chi connectivity index (χ0v) is 17.5. The molecular weight excluding hydrogens is 396 g/mol. The fourth-order valence-electron chi connectivity index (χ4n) is 3.40. The molecule has 0 saturated carbocycles. The summed E-state index contributed by atoms with van der Waals surface area (Å²) in [6, 6.07) is 8.06. The van der Waals surface area contributed by atoms with Crippen molar-refractivity contribution >= 4 is 21.8 Å². The van der Waals surface area contributed by atoms with Crippen LogP contribution in [0, 0.1) is 0 Å². The van der Waals surface area contributed by atoms with Gasteiger partial charge in [0.1, 0.15) is 0 Å². The number of piperazine rings is 1. The number of likely N-dealkylation sites (N-methyl/N-ethyl adjacent to an activating group) is 1. The first-order valence-electron chi connectivity index (χ1n) is 9.75. The van der Waals surface area contributed by atoms with E-state index in [9.17, 15) is 18.0 Å². The van der Waals surface area contributed by atoms with E-state index in [1.165, 1.54) is 19.2 Å². The lowest BCUT2D eigenvalue weighted by Crippen LogP contribution is -2.54. The summed E-state index contributed by atoms with van der Waals surface area (Å²) in [6.07, 6.45) is 0. The molecule has 1 aromatic carbocycles. The molecule has 0 aliphatic carbocycles. The number of carbonyl (C=O) groups is 2. The number of benzene rings is 1. The third-order valence-electron chi connectivity index (χ3n) is 5.26. The van der Waals surface area contributed by atoms with Crippen molar-refractivity contribution in [2.45, 2.75) is 4.90 Å². The summed E-state index contributed by atoms with van der Waals surface area (Å²) in [4.78, 5) is 30.7. The second kappa shape index (κ2) is 9.66. The molecule has 160 valence electrons. The first-order valence-corrected chi connectivity index (χ1v) is 11.2. The zero-order chi connectivity index (χ0) is 20.9. The van der Waals surface area contributed by atoms with Gasteiger partial charge in [-0.05, 0) is 12.1 Å². The number of nitrogens with zero attached hydrogens (tertiary/aromatic N) is 4. The van der Waals surface area contributed by atoms with Crippen LogP contribution in [0.3, 0.4) is 0 Å². The Bertz CT molecular complexity index is 803. The van der Waals surface area contributed by atoms with E-state index in [-0.39, 0.29) is 23.3 Å². The molecule has 0 N–H and O–H groups in total. The summed E-state index contributed by atoms with van der Waals surface area (Å²) >= 11 is 0. The van der Waals surface area contributed by atoms with E-state index < -0.39 is 10.0 Å². The van der Waals surface area contributed by atoms with Gasteiger partial charge in [0.25, 0.3) is 0 Å². The van der Waals surface area contributed by atoms with E-state index >= 15 is 0 Å². The van der Waals surface area contributed by atoms with Crippen LogP contribution in [-0.2, 0) is 24.3 Å². The summed E-state index contributed by atoms with van der Waals surface area (Å²) < 4.78 is 31.5. The van der Waals surface area contributed by atoms with Crippen molar-refractivity contribution in [3.63, 3.8) is 0 Å². The van der Waals surface area contributed by atoms with Crippen molar-refractivity contribution in [3.8, 4) is 0 Å². The molecule has 29 heavy (non-hydrogen) atoms. The summed E-state index contributed by atoms with van der Waals surface area (Å²) in [6.45, 7) is 4.70. The van der Waals surface area contributed by atoms with Crippen molar-refractivity contribution in [1.82, 2.24) is 19.0 Å². The van der Waals surface area contributed by atoms with Gasteiger partial charge in [0, 0.05) is 46.3 Å². The normalized spacial score (nSPS) is 18.8. The van der Waals surface area contributed by atoms with Gasteiger partial charge in [-0.15, -0.1) is 0 Å². The summed E-state index contributed by atoms with van der Waals surface area (Å²) in [5.74, 6) is -0.199. The second-order valence-corrected chi connectivity index (χ2v) is 9.27. The number of ether oxygens (including phenoxy) is 1. The fraction of sp³-hybridized carbons (Fsp3) is 0.579. The number of hydrogen-bond acceptors (Lipinski definition) is 6. The molecule has 0 atom stereocenters. The van der Waals surface area contributed by atoms with E-state index in [4.69, 9.17) is 4.74 Å². The van der Waals surface area contributed by atoms with Crippen molar-refractivity contribution in [2.24, 2.45) is 0 Å². The van der Waals surface area contributed by atoms with Crippen LogP contribution in [-0.4, -0.2) is 112 Å². The number of morpholine rings is 1. The van der Waals surface area contributed by atoms with Crippen LogP contribution in [0.5, 0.6) is 0 Å². The molecule has 0 spiro atoms. The van der Waals surface area contributed by atoms with Crippen LogP contribution in [0.15, 0.2) is 35.2 Å². The van der Waals surface area contributed by atoms with Crippen molar-refractivity contribution < 1.29 is 22.7 Å². The van der Waals surface area contributed by atoms with Gasteiger partial charge < -0.3 is 14.5 Å². The molecule has 0 aromatic heterocycles. The lowest BCUT2D eigenvalue weighted by Gasteiger charge is -2.36. The largest absolute Gasteiger partial charge is 0.379 e. The van der Waals surface area contributed by atoms with Crippen LogP contribution in [0.4, 0.5) is 0 Å². The first-order chi connectivity index (χ1) is 13.9. The monoisotopic (exact) mass is 424 g/mol. The quantitative estimate of drug-likeness (QED) is 0.601. The molecule has 0 radical (unpaired) electrons. The number of carbonyl (C=O) groups excluding carboxylic acids is 2. The lowest BCUT2D eigenvalue weighted by molar-refractivity contribution is -0.140. The molecule has 10 heteroatoms. The average Bonchev–Trinajstić information content (AvgIpc) is 2.75. The summed E-state index contributed by atoms with van der Waals surface area (Å²) in [7, 11) is -2.30. The molecule has 2 aliphatic rings.